The monoisotopic (exact) mass is 496 g/mol. The van der Waals surface area contributed by atoms with Gasteiger partial charge in [-0.05, 0) is 43.7 Å². The van der Waals surface area contributed by atoms with Crippen molar-refractivity contribution < 1.29 is 4.79 Å². The van der Waals surface area contributed by atoms with Crippen molar-refractivity contribution in [1.82, 2.24) is 19.4 Å². The van der Waals surface area contributed by atoms with Crippen LogP contribution in [-0.4, -0.2) is 58.1 Å². The van der Waals surface area contributed by atoms with Crippen molar-refractivity contribution in [3.8, 4) is 0 Å². The lowest BCUT2D eigenvalue weighted by atomic mass is 10.1. The highest BCUT2D eigenvalue weighted by molar-refractivity contribution is 6.29. The molecule has 2 aromatic heterocycles. The minimum Gasteiger partial charge on any atom is -0.347 e. The van der Waals surface area contributed by atoms with Gasteiger partial charge in [0.2, 0.25) is 11.9 Å². The Morgan fingerprint density at radius 2 is 1.77 bits per heavy atom. The predicted molar refractivity (Wildman–Crippen MR) is 144 cm³/mol. The second-order valence-corrected chi connectivity index (χ2v) is 9.88. The number of aromatic nitrogens is 3. The number of rotatable bonds is 11. The average molecular weight is 497 g/mol. The van der Waals surface area contributed by atoms with Gasteiger partial charge in [-0.3, -0.25) is 9.69 Å². The second kappa shape index (κ2) is 12.4. The summed E-state index contributed by atoms with van der Waals surface area (Å²) in [6, 6.07) is 10.1. The number of hydrogen-bond donors (Lipinski definition) is 1. The molecule has 0 bridgehead atoms. The van der Waals surface area contributed by atoms with E-state index in [4.69, 9.17) is 11.6 Å². The van der Waals surface area contributed by atoms with E-state index in [1.54, 1.807) is 6.07 Å². The van der Waals surface area contributed by atoms with Gasteiger partial charge in [-0.1, -0.05) is 50.6 Å². The van der Waals surface area contributed by atoms with E-state index >= 15 is 0 Å². The highest BCUT2D eigenvalue weighted by Gasteiger charge is 2.21. The number of halogens is 1. The van der Waals surface area contributed by atoms with Crippen molar-refractivity contribution in [3.63, 3.8) is 0 Å². The number of amides is 1. The summed E-state index contributed by atoms with van der Waals surface area (Å²) in [5, 5.41) is 4.70. The Kier molecular flexibility index (Phi) is 8.99. The standard InChI is InChI=1S/C27H37ClN6O/c1-3-4-5-6-7-8-12-33-13-11-22-19-23(9-10-24(22)33)30-26(35)20-32-14-16-34(17-15-32)27-29-21(2)18-25(28)31-27/h9-11,13,18-19H,3-8,12,14-17,20H2,1-2H3,(H,30,35). The molecule has 1 aliphatic heterocycles. The van der Waals surface area contributed by atoms with Crippen LogP contribution in [0, 0.1) is 6.92 Å². The number of fused-ring (bicyclic) bond motifs is 1. The quantitative estimate of drug-likeness (QED) is 0.280. The summed E-state index contributed by atoms with van der Waals surface area (Å²) in [6.07, 6.45) is 9.96. The van der Waals surface area contributed by atoms with Gasteiger partial charge >= 0.3 is 0 Å². The maximum absolute atomic E-state index is 12.7. The van der Waals surface area contributed by atoms with Gasteiger partial charge in [0, 0.05) is 61.2 Å². The van der Waals surface area contributed by atoms with Crippen LogP contribution in [0.15, 0.2) is 36.5 Å². The van der Waals surface area contributed by atoms with Crippen LogP contribution in [0.4, 0.5) is 11.6 Å². The first-order valence-electron chi connectivity index (χ1n) is 12.9. The molecule has 1 saturated heterocycles. The lowest BCUT2D eigenvalue weighted by Crippen LogP contribution is -2.49. The van der Waals surface area contributed by atoms with E-state index in [0.717, 1.165) is 44.1 Å². The normalized spacial score (nSPS) is 14.5. The molecule has 1 N–H and O–H groups in total. The van der Waals surface area contributed by atoms with Crippen molar-refractivity contribution in [2.24, 2.45) is 0 Å². The van der Waals surface area contributed by atoms with Crippen LogP contribution < -0.4 is 10.2 Å². The SMILES string of the molecule is CCCCCCCCn1ccc2cc(NC(=O)CN3CCN(c4nc(C)cc(Cl)n4)CC3)ccc21. The third-order valence-corrected chi connectivity index (χ3v) is 6.83. The summed E-state index contributed by atoms with van der Waals surface area (Å²) < 4.78 is 2.32. The van der Waals surface area contributed by atoms with Gasteiger partial charge < -0.3 is 14.8 Å². The van der Waals surface area contributed by atoms with E-state index in [1.807, 2.05) is 13.0 Å². The van der Waals surface area contributed by atoms with E-state index in [2.05, 4.69) is 61.0 Å². The first-order chi connectivity index (χ1) is 17.0. The highest BCUT2D eigenvalue weighted by Crippen LogP contribution is 2.22. The van der Waals surface area contributed by atoms with Gasteiger partial charge in [0.1, 0.15) is 5.15 Å². The fraction of sp³-hybridized carbons (Fsp3) is 0.519. The van der Waals surface area contributed by atoms with E-state index in [0.29, 0.717) is 17.6 Å². The van der Waals surface area contributed by atoms with E-state index in [9.17, 15) is 4.79 Å². The molecule has 1 aromatic carbocycles. The Hall–Kier alpha value is -2.64. The molecule has 188 valence electrons. The van der Waals surface area contributed by atoms with Crippen LogP contribution in [0.25, 0.3) is 10.9 Å². The van der Waals surface area contributed by atoms with Gasteiger partial charge in [0.05, 0.1) is 6.54 Å². The molecule has 0 saturated carbocycles. The third kappa shape index (κ3) is 7.18. The van der Waals surface area contributed by atoms with Gasteiger partial charge in [0.15, 0.2) is 0 Å². The Bertz CT molecular complexity index is 1100. The van der Waals surface area contributed by atoms with Gasteiger partial charge in [-0.2, -0.15) is 0 Å². The molecule has 3 heterocycles. The number of piperazine rings is 1. The maximum Gasteiger partial charge on any atom is 0.238 e. The molecule has 0 aliphatic carbocycles. The molecule has 0 spiro atoms. The third-order valence-electron chi connectivity index (χ3n) is 6.64. The molecule has 4 rings (SSSR count). The fourth-order valence-electron chi connectivity index (χ4n) is 4.70. The number of unbranched alkanes of at least 4 members (excludes halogenated alkanes) is 5. The fourth-order valence-corrected chi connectivity index (χ4v) is 4.94. The Balaban J connectivity index is 1.24. The number of nitrogens with zero attached hydrogens (tertiary/aromatic N) is 5. The first kappa shape index (κ1) is 25.5. The second-order valence-electron chi connectivity index (χ2n) is 9.49. The summed E-state index contributed by atoms with van der Waals surface area (Å²) >= 11 is 6.08. The molecule has 3 aromatic rings. The zero-order chi connectivity index (χ0) is 24.6. The molecule has 1 fully saturated rings. The van der Waals surface area contributed by atoms with Gasteiger partial charge in [0.25, 0.3) is 0 Å². The maximum atomic E-state index is 12.7. The average Bonchev–Trinajstić information content (AvgIpc) is 3.23. The summed E-state index contributed by atoms with van der Waals surface area (Å²) in [6.45, 7) is 8.69. The number of carbonyl (C=O) groups excluding carboxylic acids is 1. The predicted octanol–water partition coefficient (Wildman–Crippen LogP) is 5.51. The van der Waals surface area contributed by atoms with Crippen LogP contribution in [-0.2, 0) is 11.3 Å². The molecule has 0 atom stereocenters. The summed E-state index contributed by atoms with van der Waals surface area (Å²) in [4.78, 5) is 25.8. The minimum absolute atomic E-state index is 0.0131. The molecule has 0 radical (unpaired) electrons. The van der Waals surface area contributed by atoms with Gasteiger partial charge in [-0.25, -0.2) is 9.97 Å². The molecular formula is C27H37ClN6O. The lowest BCUT2D eigenvalue weighted by molar-refractivity contribution is -0.117. The van der Waals surface area contributed by atoms with Crippen molar-refractivity contribution in [3.05, 3.63) is 47.4 Å². The van der Waals surface area contributed by atoms with E-state index in [-0.39, 0.29) is 5.91 Å². The number of carbonyl (C=O) groups is 1. The van der Waals surface area contributed by atoms with Crippen molar-refractivity contribution >= 4 is 40.0 Å². The zero-order valence-electron chi connectivity index (χ0n) is 21.0. The Morgan fingerprint density at radius 3 is 2.54 bits per heavy atom. The number of hydrogen-bond acceptors (Lipinski definition) is 5. The number of nitrogens with one attached hydrogen (secondary N) is 1. The van der Waals surface area contributed by atoms with Crippen molar-refractivity contribution in [2.45, 2.75) is 58.9 Å². The smallest absolute Gasteiger partial charge is 0.238 e. The summed E-state index contributed by atoms with van der Waals surface area (Å²) in [7, 11) is 0. The minimum atomic E-state index is 0.0131. The molecule has 1 aliphatic rings. The number of benzene rings is 1. The van der Waals surface area contributed by atoms with E-state index < -0.39 is 0 Å². The number of anilines is 2. The summed E-state index contributed by atoms with van der Waals surface area (Å²) in [5.74, 6) is 0.676. The molecule has 8 heteroatoms. The highest BCUT2D eigenvalue weighted by atomic mass is 35.5. The first-order valence-corrected chi connectivity index (χ1v) is 13.3. The van der Waals surface area contributed by atoms with Gasteiger partial charge in [-0.15, -0.1) is 0 Å². The molecule has 7 nitrogen and oxygen atoms in total. The zero-order valence-corrected chi connectivity index (χ0v) is 21.7. The Morgan fingerprint density at radius 1 is 1.00 bits per heavy atom. The molecule has 0 unspecified atom stereocenters. The van der Waals surface area contributed by atoms with Crippen LogP contribution in [0.2, 0.25) is 5.15 Å². The van der Waals surface area contributed by atoms with Crippen molar-refractivity contribution in [2.75, 3.05) is 42.9 Å². The van der Waals surface area contributed by atoms with E-state index in [1.165, 1.54) is 49.4 Å². The molecule has 1 amide bonds. The van der Waals surface area contributed by atoms with Crippen LogP contribution in [0.1, 0.15) is 51.1 Å². The largest absolute Gasteiger partial charge is 0.347 e. The van der Waals surface area contributed by atoms with Crippen LogP contribution in [0.5, 0.6) is 0 Å². The topological polar surface area (TPSA) is 66.3 Å². The van der Waals surface area contributed by atoms with Crippen LogP contribution in [0.3, 0.4) is 0 Å². The lowest BCUT2D eigenvalue weighted by Gasteiger charge is -2.34. The summed E-state index contributed by atoms with van der Waals surface area (Å²) in [5.41, 5.74) is 2.93. The Labute approximate surface area is 213 Å². The molecule has 35 heavy (non-hydrogen) atoms. The molecular weight excluding hydrogens is 460 g/mol. The number of aryl methyl sites for hydroxylation is 2. The van der Waals surface area contributed by atoms with Crippen molar-refractivity contribution in [1.29, 1.82) is 0 Å². The van der Waals surface area contributed by atoms with Crippen LogP contribution >= 0.6 is 11.6 Å².